The Morgan fingerprint density at radius 2 is 1.95 bits per heavy atom. The first kappa shape index (κ1) is 13.9. The molecule has 3 aromatic rings. The topological polar surface area (TPSA) is 105 Å². The molecule has 0 aliphatic heterocycles. The summed E-state index contributed by atoms with van der Waals surface area (Å²) in [5.74, 6) is 1.15. The highest BCUT2D eigenvalue weighted by Gasteiger charge is 2.10. The lowest BCUT2D eigenvalue weighted by molar-refractivity contribution is 0.340. The van der Waals surface area contributed by atoms with Crippen LogP contribution in [0.2, 0.25) is 0 Å². The number of aromatic amines is 2. The number of fused-ring (bicyclic) bond motifs is 1. The Kier molecular flexibility index (Phi) is 3.42. The van der Waals surface area contributed by atoms with Crippen LogP contribution < -0.4 is 21.3 Å². The van der Waals surface area contributed by atoms with Crippen molar-refractivity contribution in [2.75, 3.05) is 11.9 Å². The number of hydrogen-bond donors (Lipinski definition) is 3. The van der Waals surface area contributed by atoms with E-state index in [9.17, 15) is 9.59 Å². The Morgan fingerprint density at radius 1 is 1.23 bits per heavy atom. The van der Waals surface area contributed by atoms with E-state index in [-0.39, 0.29) is 5.52 Å². The zero-order chi connectivity index (χ0) is 15.7. The third-order valence-corrected chi connectivity index (χ3v) is 3.18. The fourth-order valence-corrected chi connectivity index (χ4v) is 2.10. The minimum Gasteiger partial charge on any atom is -0.494 e. The van der Waals surface area contributed by atoms with Crippen LogP contribution in [-0.4, -0.2) is 26.1 Å². The maximum absolute atomic E-state index is 11.7. The van der Waals surface area contributed by atoms with E-state index in [1.807, 2.05) is 31.2 Å². The number of aromatic nitrogens is 4. The molecule has 0 aliphatic rings. The molecular weight excluding hydrogens is 286 g/mol. The number of imidazole rings is 1. The van der Waals surface area contributed by atoms with Crippen molar-refractivity contribution in [2.24, 2.45) is 7.05 Å². The summed E-state index contributed by atoms with van der Waals surface area (Å²) in [5.41, 5.74) is 0.323. The lowest BCUT2D eigenvalue weighted by Gasteiger charge is -2.05. The van der Waals surface area contributed by atoms with E-state index >= 15 is 0 Å². The van der Waals surface area contributed by atoms with Gasteiger partial charge in [0.15, 0.2) is 11.2 Å². The van der Waals surface area contributed by atoms with Crippen molar-refractivity contribution in [3.05, 3.63) is 45.1 Å². The fraction of sp³-hybridized carbons (Fsp3) is 0.214. The zero-order valence-corrected chi connectivity index (χ0v) is 12.1. The summed E-state index contributed by atoms with van der Waals surface area (Å²) < 4.78 is 6.64. The average molecular weight is 301 g/mol. The van der Waals surface area contributed by atoms with Crippen molar-refractivity contribution in [3.63, 3.8) is 0 Å². The molecule has 114 valence electrons. The van der Waals surface area contributed by atoms with E-state index in [0.29, 0.717) is 18.2 Å². The molecule has 0 unspecified atom stereocenters. The summed E-state index contributed by atoms with van der Waals surface area (Å²) in [4.78, 5) is 32.6. The Hall–Kier alpha value is -3.03. The lowest BCUT2D eigenvalue weighted by atomic mass is 10.3. The van der Waals surface area contributed by atoms with Crippen LogP contribution in [0.3, 0.4) is 0 Å². The molecule has 0 radical (unpaired) electrons. The Morgan fingerprint density at radius 3 is 2.64 bits per heavy atom. The summed E-state index contributed by atoms with van der Waals surface area (Å²) in [6.45, 7) is 2.52. The molecule has 2 aromatic heterocycles. The maximum Gasteiger partial charge on any atom is 0.329 e. The minimum absolute atomic E-state index is 0.246. The third kappa shape index (κ3) is 2.46. The van der Waals surface area contributed by atoms with Gasteiger partial charge < -0.3 is 15.0 Å². The molecule has 22 heavy (non-hydrogen) atoms. The normalized spacial score (nSPS) is 10.8. The Labute approximate surface area is 124 Å². The van der Waals surface area contributed by atoms with Crippen LogP contribution in [0, 0.1) is 0 Å². The van der Waals surface area contributed by atoms with E-state index in [1.54, 1.807) is 7.05 Å². The van der Waals surface area contributed by atoms with E-state index in [2.05, 4.69) is 20.3 Å². The third-order valence-electron chi connectivity index (χ3n) is 3.18. The van der Waals surface area contributed by atoms with Crippen LogP contribution in [0.25, 0.3) is 11.2 Å². The van der Waals surface area contributed by atoms with Crippen LogP contribution in [0.4, 0.5) is 11.6 Å². The predicted octanol–water partition coefficient (Wildman–Crippen LogP) is 1.09. The van der Waals surface area contributed by atoms with Crippen molar-refractivity contribution in [1.29, 1.82) is 0 Å². The van der Waals surface area contributed by atoms with Crippen molar-refractivity contribution >= 4 is 22.8 Å². The molecule has 0 bridgehead atoms. The molecule has 0 fully saturated rings. The number of hydrogen-bond acceptors (Lipinski definition) is 5. The van der Waals surface area contributed by atoms with Gasteiger partial charge in [-0.1, -0.05) is 0 Å². The van der Waals surface area contributed by atoms with Crippen molar-refractivity contribution < 1.29 is 4.74 Å². The van der Waals surface area contributed by atoms with Crippen LogP contribution in [-0.2, 0) is 7.05 Å². The smallest absolute Gasteiger partial charge is 0.329 e. The molecule has 3 N–H and O–H groups in total. The summed E-state index contributed by atoms with van der Waals surface area (Å²) in [5, 5.41) is 3.05. The molecule has 1 aromatic carbocycles. The second-order valence-corrected chi connectivity index (χ2v) is 4.68. The van der Waals surface area contributed by atoms with Crippen molar-refractivity contribution in [3.8, 4) is 5.75 Å². The molecule has 2 heterocycles. The number of nitrogens with zero attached hydrogens (tertiary/aromatic N) is 2. The highest BCUT2D eigenvalue weighted by Crippen LogP contribution is 2.19. The summed E-state index contributed by atoms with van der Waals surface area (Å²) in [6.07, 6.45) is 0. The van der Waals surface area contributed by atoms with E-state index in [4.69, 9.17) is 4.74 Å². The molecule has 8 heteroatoms. The van der Waals surface area contributed by atoms with Crippen molar-refractivity contribution in [2.45, 2.75) is 6.92 Å². The second kappa shape index (κ2) is 5.40. The molecule has 3 rings (SSSR count). The van der Waals surface area contributed by atoms with Gasteiger partial charge in [0.25, 0.3) is 5.56 Å². The highest BCUT2D eigenvalue weighted by molar-refractivity contribution is 5.74. The number of benzene rings is 1. The van der Waals surface area contributed by atoms with E-state index in [1.165, 1.54) is 4.57 Å². The van der Waals surface area contributed by atoms with Gasteiger partial charge in [-0.25, -0.2) is 4.79 Å². The quantitative estimate of drug-likeness (QED) is 0.669. The zero-order valence-electron chi connectivity index (χ0n) is 12.1. The number of aryl methyl sites for hydroxylation is 1. The molecule has 0 amide bonds. The van der Waals surface area contributed by atoms with Crippen LogP contribution >= 0.6 is 0 Å². The lowest BCUT2D eigenvalue weighted by Crippen LogP contribution is -2.28. The van der Waals surface area contributed by atoms with Gasteiger partial charge in [-0.15, -0.1) is 0 Å². The van der Waals surface area contributed by atoms with Crippen LogP contribution in [0.5, 0.6) is 5.75 Å². The number of anilines is 2. The van der Waals surface area contributed by atoms with Gasteiger partial charge in [-0.3, -0.25) is 14.3 Å². The Balaban J connectivity index is 1.94. The standard InChI is InChI=1S/C14H15N5O3/c1-3-22-9-6-4-8(5-7-9)15-13-16-10-11(17-13)19(2)14(21)18-12(10)20/h4-7H,3H2,1-2H3,(H2,15,16,17)(H,18,20,21). The molecule has 8 nitrogen and oxygen atoms in total. The van der Waals surface area contributed by atoms with Gasteiger partial charge in [0.1, 0.15) is 5.75 Å². The first-order chi connectivity index (χ1) is 10.6. The monoisotopic (exact) mass is 301 g/mol. The first-order valence-electron chi connectivity index (χ1n) is 6.77. The predicted molar refractivity (Wildman–Crippen MR) is 82.8 cm³/mol. The largest absolute Gasteiger partial charge is 0.494 e. The molecule has 0 atom stereocenters. The molecule has 0 saturated carbocycles. The average Bonchev–Trinajstić information content (AvgIpc) is 2.92. The number of H-pyrrole nitrogens is 2. The summed E-state index contributed by atoms with van der Waals surface area (Å²) in [6, 6.07) is 7.33. The van der Waals surface area contributed by atoms with Crippen LogP contribution in [0.15, 0.2) is 33.9 Å². The minimum atomic E-state index is -0.503. The van der Waals surface area contributed by atoms with Gasteiger partial charge in [0.05, 0.1) is 6.61 Å². The molecule has 0 aliphatic carbocycles. The fourth-order valence-electron chi connectivity index (χ4n) is 2.10. The second-order valence-electron chi connectivity index (χ2n) is 4.68. The van der Waals surface area contributed by atoms with Gasteiger partial charge in [0.2, 0.25) is 5.95 Å². The number of ether oxygens (including phenoxy) is 1. The highest BCUT2D eigenvalue weighted by atomic mass is 16.5. The molecule has 0 saturated heterocycles. The van der Waals surface area contributed by atoms with E-state index < -0.39 is 11.2 Å². The van der Waals surface area contributed by atoms with Gasteiger partial charge in [-0.05, 0) is 31.2 Å². The van der Waals surface area contributed by atoms with Gasteiger partial charge in [-0.2, -0.15) is 4.98 Å². The maximum atomic E-state index is 11.7. The van der Waals surface area contributed by atoms with Crippen LogP contribution in [0.1, 0.15) is 6.92 Å². The van der Waals surface area contributed by atoms with Crippen molar-refractivity contribution in [1.82, 2.24) is 19.5 Å². The summed E-state index contributed by atoms with van der Waals surface area (Å²) in [7, 11) is 1.54. The Bertz CT molecular complexity index is 920. The molecular formula is C14H15N5O3. The van der Waals surface area contributed by atoms with Gasteiger partial charge >= 0.3 is 5.69 Å². The van der Waals surface area contributed by atoms with E-state index in [0.717, 1.165) is 11.4 Å². The number of nitrogens with one attached hydrogen (secondary N) is 3. The number of rotatable bonds is 4. The van der Waals surface area contributed by atoms with Gasteiger partial charge in [0, 0.05) is 12.7 Å². The molecule has 0 spiro atoms. The SMILES string of the molecule is CCOc1ccc(Nc2nc3c([nH]2)c(=O)[nH]c(=O)n3C)cc1. The summed E-state index contributed by atoms with van der Waals surface area (Å²) >= 11 is 0. The first-order valence-corrected chi connectivity index (χ1v) is 6.77.